The van der Waals surface area contributed by atoms with Gasteiger partial charge in [0.15, 0.2) is 0 Å². The summed E-state index contributed by atoms with van der Waals surface area (Å²) in [5.74, 6) is -1.17. The molecule has 13 heavy (non-hydrogen) atoms. The number of rotatable bonds is 1. The first-order valence-corrected chi connectivity index (χ1v) is 4.12. The van der Waals surface area contributed by atoms with E-state index in [4.69, 9.17) is 14.7 Å². The summed E-state index contributed by atoms with van der Waals surface area (Å²) < 4.78 is 10.6. The highest BCUT2D eigenvalue weighted by Crippen LogP contribution is 2.30. The van der Waals surface area contributed by atoms with Crippen LogP contribution in [0.25, 0.3) is 0 Å². The third-order valence-corrected chi connectivity index (χ3v) is 2.00. The topological polar surface area (TPSA) is 42.2 Å². The van der Waals surface area contributed by atoms with Crippen molar-refractivity contribution in [1.82, 2.24) is 0 Å². The van der Waals surface area contributed by atoms with Gasteiger partial charge in [-0.15, -0.1) is 0 Å². The molecule has 3 heteroatoms. The first-order valence-electron chi connectivity index (χ1n) is 4.12. The van der Waals surface area contributed by atoms with Crippen LogP contribution in [0, 0.1) is 11.3 Å². The molecule has 0 unspecified atom stereocenters. The smallest absolute Gasteiger partial charge is 0.287 e. The first kappa shape index (κ1) is 8.24. The summed E-state index contributed by atoms with van der Waals surface area (Å²) in [5, 5.41) is 8.97. The Balaban J connectivity index is 2.38. The molecule has 0 radical (unpaired) electrons. The Hall–Kier alpha value is -1.37. The fraction of sp³-hybridized carbons (Fsp3) is 0.300. The van der Waals surface area contributed by atoms with Crippen molar-refractivity contribution in [3.63, 3.8) is 0 Å². The summed E-state index contributed by atoms with van der Waals surface area (Å²) >= 11 is 0. The van der Waals surface area contributed by atoms with E-state index >= 15 is 0 Å². The minimum atomic E-state index is -1.17. The van der Waals surface area contributed by atoms with E-state index in [0.29, 0.717) is 13.2 Å². The zero-order valence-electron chi connectivity index (χ0n) is 7.06. The van der Waals surface area contributed by atoms with E-state index in [1.54, 1.807) is 0 Å². The lowest BCUT2D eigenvalue weighted by atomic mass is 10.1. The summed E-state index contributed by atoms with van der Waals surface area (Å²) in [6.07, 6.45) is 0. The second-order valence-corrected chi connectivity index (χ2v) is 2.79. The summed E-state index contributed by atoms with van der Waals surface area (Å²) in [6, 6.07) is 11.3. The molecule has 1 saturated heterocycles. The van der Waals surface area contributed by atoms with Gasteiger partial charge in [-0.3, -0.25) is 0 Å². The van der Waals surface area contributed by atoms with Gasteiger partial charge in [0.25, 0.3) is 5.79 Å². The molecule has 0 aliphatic carbocycles. The molecular weight excluding hydrogens is 166 g/mol. The molecule has 1 aliphatic heterocycles. The quantitative estimate of drug-likeness (QED) is 0.648. The maximum Gasteiger partial charge on any atom is 0.287 e. The number of hydrogen-bond acceptors (Lipinski definition) is 3. The maximum absolute atomic E-state index is 8.97. The molecule has 0 bridgehead atoms. The molecule has 0 aromatic heterocycles. The van der Waals surface area contributed by atoms with Crippen molar-refractivity contribution >= 4 is 0 Å². The second kappa shape index (κ2) is 3.17. The largest absolute Gasteiger partial charge is 0.332 e. The number of ether oxygens (including phenoxy) is 2. The van der Waals surface area contributed by atoms with Gasteiger partial charge in [-0.25, -0.2) is 0 Å². The Morgan fingerprint density at radius 2 is 1.77 bits per heavy atom. The van der Waals surface area contributed by atoms with Crippen LogP contribution >= 0.6 is 0 Å². The molecule has 0 amide bonds. The van der Waals surface area contributed by atoms with E-state index in [0.717, 1.165) is 5.56 Å². The monoisotopic (exact) mass is 175 g/mol. The van der Waals surface area contributed by atoms with Crippen molar-refractivity contribution in [2.24, 2.45) is 0 Å². The van der Waals surface area contributed by atoms with Crippen LogP contribution in [0.5, 0.6) is 0 Å². The highest BCUT2D eigenvalue weighted by atomic mass is 16.7. The SMILES string of the molecule is N#CC1(c2ccccc2)OCCO1. The highest BCUT2D eigenvalue weighted by Gasteiger charge is 2.38. The standard InChI is InChI=1S/C10H9NO2/c11-8-10(12-6-7-13-10)9-4-2-1-3-5-9/h1-5H,6-7H2. The third kappa shape index (κ3) is 1.31. The van der Waals surface area contributed by atoms with Crippen LogP contribution in [0.4, 0.5) is 0 Å². The predicted molar refractivity (Wildman–Crippen MR) is 45.6 cm³/mol. The van der Waals surface area contributed by atoms with E-state index in [9.17, 15) is 0 Å². The molecule has 0 spiro atoms. The van der Waals surface area contributed by atoms with Crippen LogP contribution in [0.3, 0.4) is 0 Å². The lowest BCUT2D eigenvalue weighted by Gasteiger charge is -2.18. The summed E-state index contributed by atoms with van der Waals surface area (Å²) in [6.45, 7) is 0.949. The Morgan fingerprint density at radius 1 is 1.15 bits per heavy atom. The van der Waals surface area contributed by atoms with Crippen molar-refractivity contribution in [3.8, 4) is 6.07 Å². The number of nitrogens with zero attached hydrogens (tertiary/aromatic N) is 1. The van der Waals surface area contributed by atoms with Crippen LogP contribution in [0.1, 0.15) is 5.56 Å². The average molecular weight is 175 g/mol. The summed E-state index contributed by atoms with van der Waals surface area (Å²) in [7, 11) is 0. The van der Waals surface area contributed by atoms with Gasteiger partial charge in [-0.2, -0.15) is 5.26 Å². The van der Waals surface area contributed by atoms with Crippen molar-refractivity contribution < 1.29 is 9.47 Å². The fourth-order valence-corrected chi connectivity index (χ4v) is 1.37. The van der Waals surface area contributed by atoms with Crippen LogP contribution in [0.15, 0.2) is 30.3 Å². The zero-order chi connectivity index (χ0) is 9.15. The Labute approximate surface area is 76.5 Å². The van der Waals surface area contributed by atoms with Crippen molar-refractivity contribution in [2.45, 2.75) is 5.79 Å². The molecule has 1 fully saturated rings. The number of nitriles is 1. The van der Waals surface area contributed by atoms with Gasteiger partial charge in [0.2, 0.25) is 0 Å². The van der Waals surface area contributed by atoms with E-state index in [2.05, 4.69) is 0 Å². The maximum atomic E-state index is 8.97. The molecule has 1 aromatic rings. The van der Waals surface area contributed by atoms with Crippen LogP contribution in [-0.4, -0.2) is 13.2 Å². The Bertz CT molecular complexity index is 323. The van der Waals surface area contributed by atoms with Crippen LogP contribution < -0.4 is 0 Å². The molecule has 0 N–H and O–H groups in total. The second-order valence-electron chi connectivity index (χ2n) is 2.79. The van der Waals surface area contributed by atoms with Crippen molar-refractivity contribution in [3.05, 3.63) is 35.9 Å². The van der Waals surface area contributed by atoms with Crippen molar-refractivity contribution in [2.75, 3.05) is 13.2 Å². The number of benzene rings is 1. The van der Waals surface area contributed by atoms with E-state index in [-0.39, 0.29) is 0 Å². The van der Waals surface area contributed by atoms with E-state index in [1.807, 2.05) is 36.4 Å². The summed E-state index contributed by atoms with van der Waals surface area (Å²) in [4.78, 5) is 0. The number of hydrogen-bond donors (Lipinski definition) is 0. The molecule has 1 aromatic carbocycles. The van der Waals surface area contributed by atoms with Gasteiger partial charge in [0.05, 0.1) is 13.2 Å². The fourth-order valence-electron chi connectivity index (χ4n) is 1.37. The van der Waals surface area contributed by atoms with E-state index in [1.165, 1.54) is 0 Å². The van der Waals surface area contributed by atoms with E-state index < -0.39 is 5.79 Å². The lowest BCUT2D eigenvalue weighted by Crippen LogP contribution is -2.24. The average Bonchev–Trinajstić information content (AvgIpc) is 2.69. The lowest BCUT2D eigenvalue weighted by molar-refractivity contribution is -0.116. The van der Waals surface area contributed by atoms with Gasteiger partial charge in [-0.05, 0) is 0 Å². The Morgan fingerprint density at radius 3 is 2.31 bits per heavy atom. The molecule has 2 rings (SSSR count). The van der Waals surface area contributed by atoms with Gasteiger partial charge >= 0.3 is 0 Å². The third-order valence-electron chi connectivity index (χ3n) is 2.00. The zero-order valence-corrected chi connectivity index (χ0v) is 7.06. The van der Waals surface area contributed by atoms with Gasteiger partial charge < -0.3 is 9.47 Å². The Kier molecular flexibility index (Phi) is 2.01. The van der Waals surface area contributed by atoms with Gasteiger partial charge in [-0.1, -0.05) is 30.3 Å². The van der Waals surface area contributed by atoms with Gasteiger partial charge in [0.1, 0.15) is 6.07 Å². The normalized spacial score (nSPS) is 19.6. The molecule has 0 atom stereocenters. The first-order chi connectivity index (χ1) is 6.37. The molecule has 1 aliphatic rings. The highest BCUT2D eigenvalue weighted by molar-refractivity contribution is 5.26. The molecule has 3 nitrogen and oxygen atoms in total. The van der Waals surface area contributed by atoms with Crippen LogP contribution in [0.2, 0.25) is 0 Å². The molecular formula is C10H9NO2. The van der Waals surface area contributed by atoms with Gasteiger partial charge in [0, 0.05) is 5.56 Å². The summed E-state index contributed by atoms with van der Waals surface area (Å²) in [5.41, 5.74) is 0.759. The minimum Gasteiger partial charge on any atom is -0.332 e. The minimum absolute atomic E-state index is 0.475. The van der Waals surface area contributed by atoms with Crippen molar-refractivity contribution in [1.29, 1.82) is 5.26 Å². The van der Waals surface area contributed by atoms with Crippen LogP contribution in [-0.2, 0) is 15.3 Å². The molecule has 1 heterocycles. The molecule has 66 valence electrons. The molecule has 0 saturated carbocycles. The predicted octanol–water partition coefficient (Wildman–Crippen LogP) is 1.41.